The lowest BCUT2D eigenvalue weighted by molar-refractivity contribution is -0.120. The third kappa shape index (κ3) is 3.28. The SMILES string of the molecule is Cc1cc(/C=C/c2ccc(OC=O)s2)cc(C)n1. The Morgan fingerprint density at radius 3 is 2.56 bits per heavy atom. The molecule has 92 valence electrons. The van der Waals surface area contributed by atoms with Crippen LogP contribution in [0.25, 0.3) is 12.2 Å². The number of rotatable bonds is 4. The molecule has 2 aromatic heterocycles. The van der Waals surface area contributed by atoms with E-state index in [4.69, 9.17) is 4.74 Å². The van der Waals surface area contributed by atoms with Gasteiger partial charge in [0.05, 0.1) is 0 Å². The molecule has 2 rings (SSSR count). The Morgan fingerprint density at radius 2 is 1.89 bits per heavy atom. The van der Waals surface area contributed by atoms with E-state index in [0.29, 0.717) is 11.5 Å². The van der Waals surface area contributed by atoms with Crippen molar-refractivity contribution in [1.82, 2.24) is 4.98 Å². The fraction of sp³-hybridized carbons (Fsp3) is 0.143. The van der Waals surface area contributed by atoms with Gasteiger partial charge >= 0.3 is 0 Å². The van der Waals surface area contributed by atoms with Gasteiger partial charge in [0.25, 0.3) is 6.47 Å². The molecular weight excluding hydrogens is 246 g/mol. The summed E-state index contributed by atoms with van der Waals surface area (Å²) in [5.74, 6) is 0. The van der Waals surface area contributed by atoms with Crippen molar-refractivity contribution in [3.63, 3.8) is 0 Å². The molecule has 0 unspecified atom stereocenters. The van der Waals surface area contributed by atoms with Crippen molar-refractivity contribution in [2.75, 3.05) is 0 Å². The van der Waals surface area contributed by atoms with Crippen molar-refractivity contribution in [3.05, 3.63) is 46.1 Å². The summed E-state index contributed by atoms with van der Waals surface area (Å²) in [6.07, 6.45) is 4.02. The van der Waals surface area contributed by atoms with E-state index in [0.717, 1.165) is 21.8 Å². The van der Waals surface area contributed by atoms with Gasteiger partial charge in [-0.1, -0.05) is 17.4 Å². The summed E-state index contributed by atoms with van der Waals surface area (Å²) >= 11 is 1.43. The summed E-state index contributed by atoms with van der Waals surface area (Å²) in [7, 11) is 0. The topological polar surface area (TPSA) is 39.2 Å². The molecule has 18 heavy (non-hydrogen) atoms. The minimum Gasteiger partial charge on any atom is -0.418 e. The molecule has 0 saturated carbocycles. The number of nitrogens with zero attached hydrogens (tertiary/aromatic N) is 1. The fourth-order valence-electron chi connectivity index (χ4n) is 1.68. The lowest BCUT2D eigenvalue weighted by Crippen LogP contribution is -1.86. The second-order valence-electron chi connectivity index (χ2n) is 3.89. The zero-order valence-electron chi connectivity index (χ0n) is 10.2. The minimum absolute atomic E-state index is 0.439. The number of hydrogen-bond acceptors (Lipinski definition) is 4. The molecule has 0 spiro atoms. The Labute approximate surface area is 110 Å². The third-order valence-corrected chi connectivity index (χ3v) is 3.25. The second kappa shape index (κ2) is 5.60. The second-order valence-corrected chi connectivity index (χ2v) is 4.97. The summed E-state index contributed by atoms with van der Waals surface area (Å²) in [5.41, 5.74) is 3.13. The van der Waals surface area contributed by atoms with Crippen LogP contribution >= 0.6 is 11.3 Å². The first kappa shape index (κ1) is 12.5. The molecule has 4 heteroatoms. The van der Waals surface area contributed by atoms with Gasteiger partial charge in [0.2, 0.25) is 0 Å². The van der Waals surface area contributed by atoms with Crippen LogP contribution in [0.15, 0.2) is 24.3 Å². The van der Waals surface area contributed by atoms with Gasteiger partial charge in [-0.3, -0.25) is 9.78 Å². The molecule has 3 nitrogen and oxygen atoms in total. The molecule has 0 fully saturated rings. The highest BCUT2D eigenvalue weighted by Gasteiger charge is 1.98. The van der Waals surface area contributed by atoms with Crippen LogP contribution in [-0.2, 0) is 4.79 Å². The predicted molar refractivity (Wildman–Crippen MR) is 73.7 cm³/mol. The summed E-state index contributed by atoms with van der Waals surface area (Å²) in [4.78, 5) is 15.6. The highest BCUT2D eigenvalue weighted by atomic mass is 32.1. The minimum atomic E-state index is 0.439. The lowest BCUT2D eigenvalue weighted by Gasteiger charge is -1.98. The lowest BCUT2D eigenvalue weighted by atomic mass is 10.2. The van der Waals surface area contributed by atoms with Crippen molar-refractivity contribution in [3.8, 4) is 5.06 Å². The number of hydrogen-bond donors (Lipinski definition) is 0. The Morgan fingerprint density at radius 1 is 1.17 bits per heavy atom. The monoisotopic (exact) mass is 259 g/mol. The molecule has 0 saturated heterocycles. The number of carbonyl (C=O) groups is 1. The highest BCUT2D eigenvalue weighted by Crippen LogP contribution is 2.25. The Balaban J connectivity index is 2.16. The van der Waals surface area contributed by atoms with E-state index in [1.807, 2.05) is 44.2 Å². The van der Waals surface area contributed by atoms with Gasteiger partial charge in [-0.25, -0.2) is 0 Å². The maximum atomic E-state index is 10.2. The van der Waals surface area contributed by atoms with E-state index >= 15 is 0 Å². The van der Waals surface area contributed by atoms with Gasteiger partial charge in [-0.15, -0.1) is 0 Å². The fourth-order valence-corrected chi connectivity index (χ4v) is 2.40. The van der Waals surface area contributed by atoms with E-state index in [9.17, 15) is 4.79 Å². The molecule has 0 N–H and O–H groups in total. The van der Waals surface area contributed by atoms with Crippen LogP contribution < -0.4 is 4.74 Å². The summed E-state index contributed by atoms with van der Waals surface area (Å²) in [6.45, 7) is 4.39. The third-order valence-electron chi connectivity index (χ3n) is 2.31. The smallest absolute Gasteiger partial charge is 0.299 e. The molecule has 0 aliphatic carbocycles. The molecule has 2 aromatic rings. The summed E-state index contributed by atoms with van der Waals surface area (Å²) in [5, 5.41) is 0.603. The van der Waals surface area contributed by atoms with Crippen molar-refractivity contribution in [2.24, 2.45) is 0 Å². The largest absolute Gasteiger partial charge is 0.418 e. The van der Waals surface area contributed by atoms with Gasteiger partial charge in [0, 0.05) is 16.3 Å². The number of ether oxygens (including phenoxy) is 1. The number of pyridine rings is 1. The molecule has 0 aromatic carbocycles. The maximum absolute atomic E-state index is 10.2. The highest BCUT2D eigenvalue weighted by molar-refractivity contribution is 7.14. The molecule has 0 bridgehead atoms. The molecule has 0 aliphatic rings. The Hall–Kier alpha value is -1.94. The van der Waals surface area contributed by atoms with E-state index in [1.54, 1.807) is 6.07 Å². The molecule has 0 amide bonds. The first-order chi connectivity index (χ1) is 8.67. The first-order valence-electron chi connectivity index (χ1n) is 5.51. The molecule has 2 heterocycles. The van der Waals surface area contributed by atoms with Gasteiger partial charge in [0.15, 0.2) is 5.06 Å². The standard InChI is InChI=1S/C14H13NO2S/c1-10-7-12(8-11(2)15-10)3-4-13-5-6-14(18-13)17-9-16/h3-9H,1-2H3/b4-3+. The quantitative estimate of drug-likeness (QED) is 0.789. The van der Waals surface area contributed by atoms with Crippen LogP contribution in [0, 0.1) is 13.8 Å². The van der Waals surface area contributed by atoms with E-state index in [1.165, 1.54) is 11.3 Å². The summed E-state index contributed by atoms with van der Waals surface area (Å²) < 4.78 is 4.77. The maximum Gasteiger partial charge on any atom is 0.299 e. The van der Waals surface area contributed by atoms with E-state index < -0.39 is 0 Å². The van der Waals surface area contributed by atoms with Crippen molar-refractivity contribution in [1.29, 1.82) is 0 Å². The van der Waals surface area contributed by atoms with Crippen LogP contribution in [0.2, 0.25) is 0 Å². The van der Waals surface area contributed by atoms with E-state index in [2.05, 4.69) is 4.98 Å². The van der Waals surface area contributed by atoms with Crippen LogP contribution in [-0.4, -0.2) is 11.5 Å². The molecule has 0 radical (unpaired) electrons. The van der Waals surface area contributed by atoms with Crippen LogP contribution in [0.4, 0.5) is 0 Å². The van der Waals surface area contributed by atoms with Crippen LogP contribution in [0.3, 0.4) is 0 Å². The first-order valence-corrected chi connectivity index (χ1v) is 6.32. The Bertz CT molecular complexity index is 567. The summed E-state index contributed by atoms with van der Waals surface area (Å²) in [6, 6.07) is 7.75. The average molecular weight is 259 g/mol. The van der Waals surface area contributed by atoms with Gasteiger partial charge in [0.1, 0.15) is 0 Å². The van der Waals surface area contributed by atoms with Gasteiger partial charge in [-0.05, 0) is 49.8 Å². The Kier molecular flexibility index (Phi) is 3.89. The molecule has 0 atom stereocenters. The van der Waals surface area contributed by atoms with Gasteiger partial charge in [-0.2, -0.15) is 0 Å². The normalized spacial score (nSPS) is 10.8. The van der Waals surface area contributed by atoms with Gasteiger partial charge < -0.3 is 4.74 Å². The zero-order chi connectivity index (χ0) is 13.0. The number of aryl methyl sites for hydroxylation is 2. The number of thiophene rings is 1. The zero-order valence-corrected chi connectivity index (χ0v) is 11.0. The molecular formula is C14H13NO2S. The number of aromatic nitrogens is 1. The predicted octanol–water partition coefficient (Wildman–Crippen LogP) is 3.47. The van der Waals surface area contributed by atoms with Crippen molar-refractivity contribution in [2.45, 2.75) is 13.8 Å². The average Bonchev–Trinajstić information content (AvgIpc) is 2.74. The number of carbonyl (C=O) groups excluding carboxylic acids is 1. The van der Waals surface area contributed by atoms with E-state index in [-0.39, 0.29) is 0 Å². The van der Waals surface area contributed by atoms with Crippen LogP contribution in [0.1, 0.15) is 21.8 Å². The van der Waals surface area contributed by atoms with Crippen molar-refractivity contribution >= 4 is 30.0 Å². The molecule has 0 aliphatic heterocycles. The van der Waals surface area contributed by atoms with Crippen LogP contribution in [0.5, 0.6) is 5.06 Å². The van der Waals surface area contributed by atoms with Crippen molar-refractivity contribution < 1.29 is 9.53 Å².